The molecule has 6 aliphatic heterocycles. The van der Waals surface area contributed by atoms with E-state index in [-0.39, 0.29) is 24.8 Å². The van der Waals surface area contributed by atoms with Crippen LogP contribution in [-0.2, 0) is 39.6 Å². The Labute approximate surface area is 860 Å². The standard InChI is InChI=1S/C22H20O4.C21H17FO3.C21H18O3.C20H15BrO3.C20H15ClO3.C20H15FO3/c1-13-7-16-10-18(26-22(16)21(8-13)23-4)12-24-17-5-6-19-14(2)9-15(3)25-20(19)11-17;1-12-6-14(3)24-20-10-17(4-5-19(12)20)23-11-18-9-15-8-16(22)7-13(2)21(15)25-18;1-13-4-7-20-16(8-13)10-18(24-20)12-22-17-5-6-19-14(2)9-15(3)23-21(19)11-17;3*1-12-7-13(2)23-20-10-16(4-5-18(12)20)22-11-17-9-14-8-15(21)3-6-19(14)24-17/h5-11H,3,12H2,1-2,4H3;4-10H,3,11H2,1-2H3;4-11H,3,12H2,1-2H3;3*3-10H,2,11H2,1H3. The number of fused-ring (bicyclic) bond motifs is 12. The Morgan fingerprint density at radius 2 is 0.544 bits per heavy atom. The first-order chi connectivity index (χ1) is 70.8. The lowest BCUT2D eigenvalue weighted by Gasteiger charge is -2.18. The fraction of sp³-hybridized carbons (Fsp3) is 0.129. The molecule has 0 saturated heterocycles. The molecule has 24 rings (SSSR count). The first-order valence-electron chi connectivity index (χ1n) is 47.1. The first-order valence-corrected chi connectivity index (χ1v) is 48.3. The Morgan fingerprint density at radius 3 is 0.898 bits per heavy atom. The maximum absolute atomic E-state index is 13.5. The van der Waals surface area contributed by atoms with Crippen molar-refractivity contribution in [3.8, 4) is 74.7 Å². The summed E-state index contributed by atoms with van der Waals surface area (Å²) in [6.45, 7) is 43.1. The molecule has 738 valence electrons. The molecule has 0 amide bonds. The van der Waals surface area contributed by atoms with Gasteiger partial charge in [-0.05, 0) is 344 Å². The van der Waals surface area contributed by atoms with E-state index >= 15 is 0 Å². The van der Waals surface area contributed by atoms with Gasteiger partial charge in [-0.3, -0.25) is 0 Å². The number of hydrogen-bond acceptors (Lipinski definition) is 19. The van der Waals surface area contributed by atoms with E-state index in [1.165, 1.54) is 29.8 Å². The Balaban J connectivity index is 0.000000111. The quantitative estimate of drug-likeness (QED) is 0.0739. The Morgan fingerprint density at radius 1 is 0.265 bits per heavy atom. The molecule has 12 aromatic carbocycles. The minimum Gasteiger partial charge on any atom is -0.493 e. The van der Waals surface area contributed by atoms with Crippen molar-refractivity contribution < 1.29 is 96.9 Å². The minimum atomic E-state index is -0.286. The van der Waals surface area contributed by atoms with E-state index in [0.717, 1.165) is 223 Å². The second-order valence-electron chi connectivity index (χ2n) is 35.9. The van der Waals surface area contributed by atoms with Gasteiger partial charge >= 0.3 is 0 Å². The number of benzene rings is 12. The van der Waals surface area contributed by atoms with Gasteiger partial charge in [0.15, 0.2) is 11.3 Å². The minimum absolute atomic E-state index is 0.254. The summed E-state index contributed by atoms with van der Waals surface area (Å²) in [5.74, 6) is 17.0. The average molecular weight is 2050 g/mol. The molecule has 0 radical (unpaired) electrons. The lowest BCUT2D eigenvalue weighted by molar-refractivity contribution is 0.272. The Bertz CT molecular complexity index is 7890. The van der Waals surface area contributed by atoms with E-state index in [2.05, 4.69) is 74.5 Å². The third-order valence-electron chi connectivity index (χ3n) is 24.4. The number of ether oxygens (including phenoxy) is 13. The van der Waals surface area contributed by atoms with Crippen molar-refractivity contribution in [1.29, 1.82) is 0 Å². The largest absolute Gasteiger partial charge is 0.493 e. The van der Waals surface area contributed by atoms with Crippen LogP contribution in [0.5, 0.6) is 74.7 Å². The van der Waals surface area contributed by atoms with Gasteiger partial charge in [-0.1, -0.05) is 78.6 Å². The summed E-state index contributed by atoms with van der Waals surface area (Å²) in [5, 5.41) is 6.26. The molecule has 0 bridgehead atoms. The van der Waals surface area contributed by atoms with E-state index in [4.69, 9.17) is 99.7 Å². The fourth-order valence-corrected chi connectivity index (χ4v) is 18.1. The van der Waals surface area contributed by atoms with Crippen LogP contribution in [0.1, 0.15) is 126 Å². The second-order valence-corrected chi connectivity index (χ2v) is 37.3. The maximum atomic E-state index is 13.5. The molecule has 0 unspecified atom stereocenters. The SMILES string of the molecule is C=C1C=C(C)c2ccc(OCc3cc4cc(Br)ccc4o3)cc2O1.C=C1C=C(C)c2ccc(OCc3cc4cc(C)cc(OC)c4o3)cc2O1.C=C1C=C(C)c2ccc(OCc3cc4cc(C)ccc4o3)cc2O1.C=C1C=C(C)c2ccc(OCc3cc4cc(Cl)ccc4o3)cc2O1.C=C1C=C(C)c2ccc(OCc3cc4cc(F)cc(C)c4o3)cc2O1.C=C1C=C(C)c2ccc(OCc3cc4cc(F)ccc4o3)cc2O1. The van der Waals surface area contributed by atoms with E-state index in [0.29, 0.717) is 100 Å². The second kappa shape index (κ2) is 42.8. The molecule has 18 aromatic rings. The fourth-order valence-electron chi connectivity index (χ4n) is 17.5. The molecule has 0 fully saturated rings. The molecular formula is C124H100BrClF2O19. The van der Waals surface area contributed by atoms with Gasteiger partial charge in [0.1, 0.15) is 217 Å². The van der Waals surface area contributed by atoms with Crippen LogP contribution in [0.4, 0.5) is 8.78 Å². The molecule has 23 heteroatoms. The van der Waals surface area contributed by atoms with Gasteiger partial charge in [-0.2, -0.15) is 0 Å². The van der Waals surface area contributed by atoms with Crippen molar-refractivity contribution in [2.45, 2.75) is 102 Å². The summed E-state index contributed by atoms with van der Waals surface area (Å²) < 4.78 is 137. The highest BCUT2D eigenvalue weighted by Gasteiger charge is 2.24. The van der Waals surface area contributed by atoms with E-state index < -0.39 is 0 Å². The third-order valence-corrected chi connectivity index (χ3v) is 25.1. The van der Waals surface area contributed by atoms with Gasteiger partial charge in [0.2, 0.25) is 0 Å². The third kappa shape index (κ3) is 23.5. The average Bonchev–Trinajstić information content (AvgIpc) is 1.30. The Kier molecular flexibility index (Phi) is 28.7. The van der Waals surface area contributed by atoms with E-state index in [1.54, 1.807) is 25.3 Å². The van der Waals surface area contributed by atoms with Crippen molar-refractivity contribution in [1.82, 2.24) is 0 Å². The summed E-state index contributed by atoms with van der Waals surface area (Å²) >= 11 is 9.46. The highest BCUT2D eigenvalue weighted by molar-refractivity contribution is 9.10. The molecular weight excluding hydrogens is 1950 g/mol. The predicted molar refractivity (Wildman–Crippen MR) is 576 cm³/mol. The van der Waals surface area contributed by atoms with Crippen molar-refractivity contribution in [2.75, 3.05) is 7.11 Å². The van der Waals surface area contributed by atoms with E-state index in [9.17, 15) is 8.78 Å². The number of methoxy groups -OCH3 is 1. The zero-order chi connectivity index (χ0) is 103. The van der Waals surface area contributed by atoms with Crippen LogP contribution in [0.3, 0.4) is 0 Å². The van der Waals surface area contributed by atoms with Crippen LogP contribution in [0.15, 0.2) is 384 Å². The monoisotopic (exact) mass is 2040 g/mol. The molecule has 0 saturated carbocycles. The number of allylic oxidation sites excluding steroid dienone is 12. The summed E-state index contributed by atoms with van der Waals surface area (Å²) in [5.41, 5.74) is 20.7. The van der Waals surface area contributed by atoms with Crippen LogP contribution in [0, 0.1) is 32.4 Å². The van der Waals surface area contributed by atoms with Crippen molar-refractivity contribution in [3.05, 3.63) is 459 Å². The highest BCUT2D eigenvalue weighted by Crippen LogP contribution is 2.45. The Hall–Kier alpha value is -17.2. The van der Waals surface area contributed by atoms with Gasteiger partial charge in [-0.25, -0.2) is 8.78 Å². The number of aryl methyl sites for hydroxylation is 3. The molecule has 0 N–H and O–H groups in total. The topological polar surface area (TPSA) is 199 Å². The van der Waals surface area contributed by atoms with Crippen LogP contribution in [0.2, 0.25) is 5.02 Å². The van der Waals surface area contributed by atoms with Crippen LogP contribution in [0.25, 0.3) is 99.3 Å². The van der Waals surface area contributed by atoms with Crippen molar-refractivity contribution in [3.63, 3.8) is 0 Å². The molecule has 6 aliphatic rings. The van der Waals surface area contributed by atoms with Gasteiger partial charge in [0.25, 0.3) is 0 Å². The lowest BCUT2D eigenvalue weighted by atomic mass is 10.0. The zero-order valence-electron chi connectivity index (χ0n) is 82.3. The first kappa shape index (κ1) is 98.6. The van der Waals surface area contributed by atoms with Crippen LogP contribution >= 0.6 is 27.5 Å². The predicted octanol–water partition coefficient (Wildman–Crippen LogP) is 34.6. The molecule has 147 heavy (non-hydrogen) atoms. The van der Waals surface area contributed by atoms with Crippen molar-refractivity contribution >= 4 is 127 Å². The smallest absolute Gasteiger partial charge is 0.176 e. The lowest BCUT2D eigenvalue weighted by Crippen LogP contribution is -2.02. The highest BCUT2D eigenvalue weighted by atomic mass is 79.9. The summed E-state index contributed by atoms with van der Waals surface area (Å²) in [6.07, 6.45) is 11.5. The summed E-state index contributed by atoms with van der Waals surface area (Å²) in [7, 11) is 1.64. The zero-order valence-corrected chi connectivity index (χ0v) is 84.7. The number of furan rings is 6. The maximum Gasteiger partial charge on any atom is 0.176 e. The molecule has 12 heterocycles. The van der Waals surface area contributed by atoms with Gasteiger partial charge < -0.3 is 88.1 Å². The normalized spacial score (nSPS) is 13.4. The molecule has 0 aliphatic carbocycles. The van der Waals surface area contributed by atoms with Crippen LogP contribution in [-0.4, -0.2) is 7.11 Å². The van der Waals surface area contributed by atoms with Gasteiger partial charge in [0, 0.05) is 112 Å². The summed E-state index contributed by atoms with van der Waals surface area (Å²) in [4.78, 5) is 0. The molecule has 6 aromatic heterocycles. The number of hydrogen-bond donors (Lipinski definition) is 0. The number of halogens is 4. The molecule has 19 nitrogen and oxygen atoms in total. The van der Waals surface area contributed by atoms with Gasteiger partial charge in [0.05, 0.1) is 7.11 Å². The number of rotatable bonds is 19. The molecule has 0 spiro atoms. The van der Waals surface area contributed by atoms with Crippen LogP contribution < -0.4 is 61.6 Å². The van der Waals surface area contributed by atoms with E-state index in [1.807, 2.05) is 280 Å². The summed E-state index contributed by atoms with van der Waals surface area (Å²) in [6, 6.07) is 75.1. The van der Waals surface area contributed by atoms with Crippen molar-refractivity contribution in [2.24, 2.45) is 0 Å². The molecule has 0 atom stereocenters. The van der Waals surface area contributed by atoms with Gasteiger partial charge in [-0.15, -0.1) is 0 Å².